The number of piperidine rings is 1. The third-order valence-electron chi connectivity index (χ3n) is 15.3. The molecule has 10 nitrogen and oxygen atoms in total. The summed E-state index contributed by atoms with van der Waals surface area (Å²) in [6.07, 6.45) is 23.6. The van der Waals surface area contributed by atoms with Gasteiger partial charge in [-0.15, -0.1) is 12.3 Å². The summed E-state index contributed by atoms with van der Waals surface area (Å²) in [5.41, 5.74) is -0.938. The minimum absolute atomic E-state index is 0.0103. The quantitative estimate of drug-likeness (QED) is 0.0558. The van der Waals surface area contributed by atoms with Crippen LogP contribution in [0.5, 0.6) is 0 Å². The van der Waals surface area contributed by atoms with Crippen LogP contribution in [0.4, 0.5) is 4.79 Å². The molecule has 4 N–H and O–H groups in total. The molecule has 4 saturated carbocycles. The summed E-state index contributed by atoms with van der Waals surface area (Å²) < 4.78 is 0. The first-order valence-electron chi connectivity index (χ1n) is 22.1. The topological polar surface area (TPSA) is 137 Å². The minimum atomic E-state index is -1.19. The Balaban J connectivity index is 1.42. The fourth-order valence-corrected chi connectivity index (χ4v) is 10.9. The summed E-state index contributed by atoms with van der Waals surface area (Å²) in [4.78, 5) is 73.0. The Morgan fingerprint density at radius 2 is 1.57 bits per heavy atom. The number of amides is 5. The predicted molar refractivity (Wildman–Crippen MR) is 221 cm³/mol. The van der Waals surface area contributed by atoms with E-state index in [1.807, 2.05) is 0 Å². The average molecular weight is 776 g/mol. The highest BCUT2D eigenvalue weighted by Crippen LogP contribution is 2.57. The Labute approximate surface area is 337 Å². The molecule has 5 rings (SSSR count). The van der Waals surface area contributed by atoms with Crippen LogP contribution < -0.4 is 21.3 Å². The molecular formula is C46H73N5O5. The van der Waals surface area contributed by atoms with Crippen LogP contribution in [0.2, 0.25) is 0 Å². The summed E-state index contributed by atoms with van der Waals surface area (Å²) in [6, 6.07) is -2.13. The van der Waals surface area contributed by atoms with E-state index >= 15 is 4.79 Å². The van der Waals surface area contributed by atoms with Gasteiger partial charge in [0.25, 0.3) is 5.91 Å². The maximum atomic E-state index is 15.3. The molecule has 5 amide bonds. The number of hydrogen-bond donors (Lipinski definition) is 4. The number of rotatable bonds is 16. The lowest BCUT2D eigenvalue weighted by molar-refractivity contribution is -0.153. The van der Waals surface area contributed by atoms with Crippen molar-refractivity contribution < 1.29 is 24.0 Å². The monoisotopic (exact) mass is 776 g/mol. The molecule has 1 heterocycles. The average Bonchev–Trinajstić information content (AvgIpc) is 3.67. The first-order chi connectivity index (χ1) is 26.4. The van der Waals surface area contributed by atoms with E-state index in [2.05, 4.69) is 81.7 Å². The molecule has 3 unspecified atom stereocenters. The number of carbonyl (C=O) groups is 5. The van der Waals surface area contributed by atoms with E-state index in [1.165, 1.54) is 5.57 Å². The van der Waals surface area contributed by atoms with Crippen LogP contribution in [-0.2, 0) is 19.2 Å². The van der Waals surface area contributed by atoms with Crippen molar-refractivity contribution in [1.29, 1.82) is 0 Å². The fraction of sp³-hybridized carbons (Fsp3) is 0.804. The standard InChI is InChI=1S/C46H73N5O5/c1-9-12-26-47-38(53)36(52)35(27-32-20-19-21-32)48-40(55)46-29-34(43(6,7)31-46)30-51(46)39(54)37(44(8)22-15-13-16-23-44)49-41(56)50-45(24-17-14-18-25-45)28-33(10-2)42(4,5)11-3/h1,10,32,34-35,37H,11-31H2,2-8H3,(H,47,53)(H,48,55)(H2,49,50,56)/b33-10-/t34?,35?,37-,46?/m1/s1. The molecule has 1 saturated heterocycles. The zero-order chi connectivity index (χ0) is 40.9. The fourth-order valence-electron chi connectivity index (χ4n) is 10.9. The Morgan fingerprint density at radius 3 is 2.12 bits per heavy atom. The number of carbonyl (C=O) groups excluding carboxylic acids is 5. The number of nitrogens with zero attached hydrogens (tertiary/aromatic N) is 1. The van der Waals surface area contributed by atoms with Crippen molar-refractivity contribution in [3.8, 4) is 12.3 Å². The zero-order valence-corrected chi connectivity index (χ0v) is 35.8. The number of likely N-dealkylation sites (tertiary alicyclic amines) is 1. The van der Waals surface area contributed by atoms with Gasteiger partial charge in [0.15, 0.2) is 0 Å². The maximum Gasteiger partial charge on any atom is 0.315 e. The van der Waals surface area contributed by atoms with Gasteiger partial charge in [-0.2, -0.15) is 0 Å². The molecule has 0 aromatic rings. The third-order valence-corrected chi connectivity index (χ3v) is 15.3. The largest absolute Gasteiger partial charge is 0.348 e. The first-order valence-corrected chi connectivity index (χ1v) is 22.1. The van der Waals surface area contributed by atoms with Crippen molar-refractivity contribution in [3.05, 3.63) is 11.6 Å². The maximum absolute atomic E-state index is 15.3. The number of nitrogens with one attached hydrogen (secondary N) is 4. The van der Waals surface area contributed by atoms with Crippen molar-refractivity contribution >= 4 is 29.5 Å². The van der Waals surface area contributed by atoms with Gasteiger partial charge >= 0.3 is 6.03 Å². The lowest BCUT2D eigenvalue weighted by Gasteiger charge is -2.48. The molecule has 56 heavy (non-hydrogen) atoms. The van der Waals surface area contributed by atoms with Crippen LogP contribution in [-0.4, -0.2) is 70.7 Å². The number of hydrogen-bond acceptors (Lipinski definition) is 5. The summed E-state index contributed by atoms with van der Waals surface area (Å²) in [7, 11) is 0. The molecule has 312 valence electrons. The summed E-state index contributed by atoms with van der Waals surface area (Å²) in [5.74, 6) is 0.785. The lowest BCUT2D eigenvalue weighted by Crippen LogP contribution is -2.67. The van der Waals surface area contributed by atoms with E-state index in [0.717, 1.165) is 96.3 Å². The molecule has 4 aliphatic carbocycles. The number of urea groups is 1. The summed E-state index contributed by atoms with van der Waals surface area (Å²) >= 11 is 0. The molecule has 10 heteroatoms. The van der Waals surface area contributed by atoms with Gasteiger partial charge in [-0.1, -0.05) is 111 Å². The number of allylic oxidation sites excluding steroid dienone is 1. The first kappa shape index (κ1) is 43.8. The van der Waals surface area contributed by atoms with Crippen LogP contribution >= 0.6 is 0 Å². The highest BCUT2D eigenvalue weighted by molar-refractivity contribution is 6.38. The predicted octanol–water partition coefficient (Wildman–Crippen LogP) is 7.50. The molecule has 4 atom stereocenters. The van der Waals surface area contributed by atoms with Crippen molar-refractivity contribution in [2.45, 2.75) is 194 Å². The molecular weight excluding hydrogens is 703 g/mol. The van der Waals surface area contributed by atoms with Gasteiger partial charge in [0.1, 0.15) is 11.6 Å². The van der Waals surface area contributed by atoms with E-state index in [-0.39, 0.29) is 47.1 Å². The van der Waals surface area contributed by atoms with E-state index in [9.17, 15) is 19.2 Å². The molecule has 1 aliphatic heterocycles. The molecule has 0 radical (unpaired) electrons. The Kier molecular flexibility index (Phi) is 13.8. The Hall–Kier alpha value is -3.35. The van der Waals surface area contributed by atoms with Crippen LogP contribution in [0.15, 0.2) is 11.6 Å². The summed E-state index contributed by atoms with van der Waals surface area (Å²) in [6.45, 7) is 15.9. The van der Waals surface area contributed by atoms with Crippen LogP contribution in [0, 0.1) is 40.4 Å². The summed E-state index contributed by atoms with van der Waals surface area (Å²) in [5, 5.41) is 12.4. The van der Waals surface area contributed by atoms with Crippen LogP contribution in [0.25, 0.3) is 0 Å². The third kappa shape index (κ3) is 9.34. The minimum Gasteiger partial charge on any atom is -0.348 e. The zero-order valence-electron chi connectivity index (χ0n) is 35.8. The number of Topliss-reactive ketones (excluding diaryl/α,β-unsaturated/α-hetero) is 1. The van der Waals surface area contributed by atoms with E-state index in [4.69, 9.17) is 6.42 Å². The molecule has 5 aliphatic rings. The van der Waals surface area contributed by atoms with Crippen LogP contribution in [0.1, 0.15) is 170 Å². The SMILES string of the molecule is C#CCCNC(=O)C(=O)C(CC1CCC1)NC(=O)C12CC(CN1C(=O)[C@@H](NC(=O)NC1(C/C(=C/C)C(C)(C)CC)CCCCC1)C1(C)CCCCC1)C(C)(C)C2. The highest BCUT2D eigenvalue weighted by Gasteiger charge is 2.65. The van der Waals surface area contributed by atoms with Gasteiger partial charge in [0.2, 0.25) is 17.6 Å². The molecule has 0 aromatic heterocycles. The molecule has 0 spiro atoms. The number of ketones is 1. The molecule has 0 aromatic carbocycles. The Bertz CT molecular complexity index is 1540. The van der Waals surface area contributed by atoms with E-state index < -0.39 is 40.3 Å². The molecule has 2 bridgehead atoms. The second-order valence-electron chi connectivity index (χ2n) is 20.0. The second kappa shape index (κ2) is 17.6. The van der Waals surface area contributed by atoms with Gasteiger partial charge in [-0.3, -0.25) is 19.2 Å². The van der Waals surface area contributed by atoms with E-state index in [0.29, 0.717) is 32.2 Å². The smallest absolute Gasteiger partial charge is 0.315 e. The van der Waals surface area contributed by atoms with E-state index in [1.54, 1.807) is 4.90 Å². The molecule has 5 fully saturated rings. The van der Waals surface area contributed by atoms with Crippen molar-refractivity contribution in [1.82, 2.24) is 26.2 Å². The second-order valence-corrected chi connectivity index (χ2v) is 20.0. The Morgan fingerprint density at radius 1 is 0.929 bits per heavy atom. The highest BCUT2D eigenvalue weighted by atomic mass is 16.2. The van der Waals surface area contributed by atoms with Crippen LogP contribution in [0.3, 0.4) is 0 Å². The van der Waals surface area contributed by atoms with Crippen molar-refractivity contribution in [2.75, 3.05) is 13.1 Å². The van der Waals surface area contributed by atoms with Gasteiger partial charge in [-0.05, 0) is 92.8 Å². The number of fused-ring (bicyclic) bond motifs is 2. The number of terminal acetylenes is 1. The van der Waals surface area contributed by atoms with Gasteiger partial charge in [-0.25, -0.2) is 4.79 Å². The van der Waals surface area contributed by atoms with Gasteiger partial charge < -0.3 is 26.2 Å². The normalized spacial score (nSPS) is 26.6. The van der Waals surface area contributed by atoms with Crippen molar-refractivity contribution in [2.24, 2.45) is 28.1 Å². The van der Waals surface area contributed by atoms with Gasteiger partial charge in [0.05, 0.1) is 6.04 Å². The lowest BCUT2D eigenvalue weighted by atomic mass is 9.69. The van der Waals surface area contributed by atoms with Gasteiger partial charge in [0, 0.05) is 25.0 Å². The van der Waals surface area contributed by atoms with Crippen molar-refractivity contribution in [3.63, 3.8) is 0 Å².